The first-order valence-electron chi connectivity index (χ1n) is 11.2. The molecule has 4 amide bonds. The van der Waals surface area contributed by atoms with Gasteiger partial charge in [0.15, 0.2) is 6.04 Å². The van der Waals surface area contributed by atoms with Crippen LogP contribution in [0.4, 0.5) is 8.78 Å². The summed E-state index contributed by atoms with van der Waals surface area (Å²) in [6, 6.07) is 2.38. The summed E-state index contributed by atoms with van der Waals surface area (Å²) in [5, 5.41) is 4.82. The van der Waals surface area contributed by atoms with Gasteiger partial charge in [-0.2, -0.15) is 0 Å². The molecule has 192 valence electrons. The number of fused-ring (bicyclic) bond motifs is 2. The number of aliphatic imine (C=N–C) groups is 1. The van der Waals surface area contributed by atoms with Crippen molar-refractivity contribution in [1.82, 2.24) is 20.4 Å². The van der Waals surface area contributed by atoms with E-state index in [1.807, 2.05) is 0 Å². The van der Waals surface area contributed by atoms with Gasteiger partial charge in [0.05, 0.1) is 17.1 Å². The van der Waals surface area contributed by atoms with E-state index in [-0.39, 0.29) is 48.6 Å². The van der Waals surface area contributed by atoms with Gasteiger partial charge in [-0.05, 0) is 31.7 Å². The maximum atomic E-state index is 15.4. The highest BCUT2D eigenvalue weighted by molar-refractivity contribution is 6.46. The first kappa shape index (κ1) is 25.7. The second-order valence-corrected chi connectivity index (χ2v) is 9.84. The predicted molar refractivity (Wildman–Crippen MR) is 123 cm³/mol. The van der Waals surface area contributed by atoms with Crippen molar-refractivity contribution in [2.45, 2.75) is 49.5 Å². The zero-order chi connectivity index (χ0) is 26.4. The zero-order valence-corrected chi connectivity index (χ0v) is 20.3. The summed E-state index contributed by atoms with van der Waals surface area (Å²) in [4.78, 5) is 69.7. The van der Waals surface area contributed by atoms with Crippen LogP contribution in [0.15, 0.2) is 23.2 Å². The molecule has 36 heavy (non-hydrogen) atoms. The molecule has 2 N–H and O–H groups in total. The Hall–Kier alpha value is -3.41. The number of nitrogens with zero attached hydrogens (tertiary/aromatic N) is 3. The molecule has 3 fully saturated rings. The number of halogens is 3. The second-order valence-electron chi connectivity index (χ2n) is 9.43. The van der Waals surface area contributed by atoms with E-state index in [9.17, 15) is 28.4 Å². The lowest BCUT2D eigenvalue weighted by Gasteiger charge is -2.40. The predicted octanol–water partition coefficient (Wildman–Crippen LogP) is 0.513. The second kappa shape index (κ2) is 9.23. The summed E-state index contributed by atoms with van der Waals surface area (Å²) in [5.74, 6) is -6.04. The maximum absolute atomic E-state index is 15.4. The van der Waals surface area contributed by atoms with Gasteiger partial charge in [0.25, 0.3) is 17.6 Å². The normalized spacial score (nSPS) is 27.1. The minimum atomic E-state index is -1.82. The topological polar surface area (TPSA) is 128 Å². The highest BCUT2D eigenvalue weighted by atomic mass is 35.5. The molecule has 1 unspecified atom stereocenters. The Morgan fingerprint density at radius 3 is 2.50 bits per heavy atom. The highest BCUT2D eigenvalue weighted by Crippen LogP contribution is 2.44. The minimum Gasteiger partial charge on any atom is -0.350 e. The first-order valence-corrected chi connectivity index (χ1v) is 11.6. The van der Waals surface area contributed by atoms with Crippen molar-refractivity contribution in [2.24, 2.45) is 4.99 Å². The molecule has 13 heteroatoms. The Balaban J connectivity index is 1.67. The number of hydrogen-bond donors (Lipinski definition) is 2. The SMILES string of the molecule is CN(C)C(=O)C(=O)NC12CCC(F)(CC1)CN1C(=O)C(=O)C(C(=O)NCc3cccc(Cl)c3F)N=C12. The third kappa shape index (κ3) is 4.45. The van der Waals surface area contributed by atoms with Gasteiger partial charge in [0.2, 0.25) is 0 Å². The minimum absolute atomic E-state index is 0.00875. The molecule has 1 saturated carbocycles. The molecular weight excluding hydrogens is 500 g/mol. The number of rotatable bonds is 4. The molecule has 10 nitrogen and oxygen atoms in total. The number of benzene rings is 1. The molecule has 1 aromatic rings. The van der Waals surface area contributed by atoms with Crippen LogP contribution in [-0.4, -0.2) is 82.9 Å². The number of alkyl halides is 1. The Morgan fingerprint density at radius 1 is 1.19 bits per heavy atom. The lowest BCUT2D eigenvalue weighted by atomic mass is 9.76. The molecule has 0 radical (unpaired) electrons. The lowest BCUT2D eigenvalue weighted by Crippen LogP contribution is -2.65. The maximum Gasteiger partial charge on any atom is 0.311 e. The van der Waals surface area contributed by atoms with Crippen LogP contribution in [0.3, 0.4) is 0 Å². The first-order chi connectivity index (χ1) is 16.9. The van der Waals surface area contributed by atoms with Crippen LogP contribution >= 0.6 is 11.6 Å². The van der Waals surface area contributed by atoms with E-state index >= 15 is 4.39 Å². The third-order valence-electron chi connectivity index (χ3n) is 6.77. The fourth-order valence-electron chi connectivity index (χ4n) is 4.71. The van der Waals surface area contributed by atoms with E-state index in [0.29, 0.717) is 0 Å². The average Bonchev–Trinajstić information content (AvgIpc) is 3.03. The van der Waals surface area contributed by atoms with E-state index < -0.39 is 59.0 Å². The molecule has 4 aliphatic rings. The number of nitrogens with one attached hydrogen (secondary N) is 2. The molecule has 1 aliphatic carbocycles. The Bertz CT molecular complexity index is 1200. The number of likely N-dealkylation sites (N-methyl/N-ethyl adjacent to an activating group) is 1. The largest absolute Gasteiger partial charge is 0.350 e. The van der Waals surface area contributed by atoms with Crippen molar-refractivity contribution in [1.29, 1.82) is 0 Å². The Morgan fingerprint density at radius 2 is 1.86 bits per heavy atom. The Labute approximate surface area is 210 Å². The van der Waals surface area contributed by atoms with Crippen LogP contribution < -0.4 is 10.6 Å². The quantitative estimate of drug-likeness (QED) is 0.439. The van der Waals surface area contributed by atoms with Crippen molar-refractivity contribution < 1.29 is 32.8 Å². The van der Waals surface area contributed by atoms with Gasteiger partial charge in [-0.15, -0.1) is 0 Å². The molecule has 1 atom stereocenters. The van der Waals surface area contributed by atoms with Crippen LogP contribution in [0.1, 0.15) is 31.2 Å². The number of ketones is 1. The summed E-state index contributed by atoms with van der Waals surface area (Å²) in [7, 11) is 2.77. The summed E-state index contributed by atoms with van der Waals surface area (Å²) in [5.41, 5.74) is -3.19. The van der Waals surface area contributed by atoms with Crippen molar-refractivity contribution in [3.8, 4) is 0 Å². The molecule has 2 bridgehead atoms. The molecule has 0 spiro atoms. The van der Waals surface area contributed by atoms with Gasteiger partial charge >= 0.3 is 11.8 Å². The van der Waals surface area contributed by atoms with Gasteiger partial charge < -0.3 is 15.5 Å². The van der Waals surface area contributed by atoms with Crippen molar-refractivity contribution >= 4 is 46.8 Å². The number of carbonyl (C=O) groups excluding carboxylic acids is 5. The fourth-order valence-corrected chi connectivity index (χ4v) is 4.91. The van der Waals surface area contributed by atoms with E-state index in [1.54, 1.807) is 0 Å². The van der Waals surface area contributed by atoms with E-state index in [1.165, 1.54) is 32.3 Å². The van der Waals surface area contributed by atoms with E-state index in [4.69, 9.17) is 11.6 Å². The molecule has 3 aliphatic heterocycles. The van der Waals surface area contributed by atoms with Gasteiger partial charge in [0.1, 0.15) is 17.3 Å². The molecule has 2 saturated heterocycles. The summed E-state index contributed by atoms with van der Waals surface area (Å²) in [6.45, 7) is -0.789. The van der Waals surface area contributed by atoms with Crippen LogP contribution in [0.25, 0.3) is 0 Å². The van der Waals surface area contributed by atoms with E-state index in [0.717, 1.165) is 9.80 Å². The summed E-state index contributed by atoms with van der Waals surface area (Å²) >= 11 is 5.75. The summed E-state index contributed by atoms with van der Waals surface area (Å²) < 4.78 is 29.6. The van der Waals surface area contributed by atoms with Gasteiger partial charge in [-0.3, -0.25) is 28.9 Å². The van der Waals surface area contributed by atoms with E-state index in [2.05, 4.69) is 15.6 Å². The monoisotopic (exact) mass is 523 g/mol. The Kier molecular flexibility index (Phi) is 6.58. The zero-order valence-electron chi connectivity index (χ0n) is 19.6. The average molecular weight is 524 g/mol. The molecular formula is C23H24ClF2N5O5. The van der Waals surface area contributed by atoms with Crippen LogP contribution in [-0.2, 0) is 30.5 Å². The van der Waals surface area contributed by atoms with Crippen molar-refractivity contribution in [3.05, 3.63) is 34.6 Å². The number of hydrogen-bond acceptors (Lipinski definition) is 6. The van der Waals surface area contributed by atoms with Crippen LogP contribution in [0.2, 0.25) is 5.02 Å². The number of carbonyl (C=O) groups is 5. The lowest BCUT2D eigenvalue weighted by molar-refractivity contribution is -0.146. The van der Waals surface area contributed by atoms with Gasteiger partial charge in [-0.1, -0.05) is 23.7 Å². The molecule has 1 aromatic carbocycles. The molecule has 3 heterocycles. The standard InChI is InChI=1S/C23H24ClF2N5O5/c1-30(2)20(36)18(34)29-23-8-6-22(26,7-9-23)11-31-19(35)16(32)15(28-21(23)31)17(33)27-10-12-4-3-5-13(24)14(12)25/h3-5,15H,6-11H2,1-2H3,(H,27,33)(H,29,34). The third-order valence-corrected chi connectivity index (χ3v) is 7.06. The fraction of sp³-hybridized carbons (Fsp3) is 0.478. The number of amides is 4. The van der Waals surface area contributed by atoms with Gasteiger partial charge in [-0.25, -0.2) is 13.8 Å². The van der Waals surface area contributed by atoms with Crippen LogP contribution in [0.5, 0.6) is 0 Å². The van der Waals surface area contributed by atoms with Crippen molar-refractivity contribution in [3.63, 3.8) is 0 Å². The van der Waals surface area contributed by atoms with Crippen LogP contribution in [0, 0.1) is 5.82 Å². The smallest absolute Gasteiger partial charge is 0.311 e. The number of amidine groups is 1. The van der Waals surface area contributed by atoms with Crippen molar-refractivity contribution in [2.75, 3.05) is 20.6 Å². The molecule has 0 aromatic heterocycles. The van der Waals surface area contributed by atoms with Gasteiger partial charge in [0, 0.05) is 26.2 Å². The number of Topliss-reactive ketones (excluding diaryl/α,β-unsaturated/α-hetero) is 1. The summed E-state index contributed by atoms with van der Waals surface area (Å²) in [6.07, 6.45) is -0.0830. The molecule has 5 rings (SSSR count). The highest BCUT2D eigenvalue weighted by Gasteiger charge is 2.58.